The third kappa shape index (κ3) is 3.30. The first kappa shape index (κ1) is 18.3. The lowest BCUT2D eigenvalue weighted by Gasteiger charge is -2.39. The number of aryl methyl sites for hydroxylation is 1. The summed E-state index contributed by atoms with van der Waals surface area (Å²) in [6.45, 7) is 1.95. The molecule has 5 heteroatoms. The molecule has 0 N–H and O–H groups in total. The van der Waals surface area contributed by atoms with Crippen LogP contribution < -0.4 is 4.90 Å². The molecule has 1 amide bonds. The molecule has 1 aliphatic heterocycles. The Hall–Kier alpha value is -2.10. The van der Waals surface area contributed by atoms with E-state index in [1.165, 1.54) is 0 Å². The first-order chi connectivity index (χ1) is 13.0. The van der Waals surface area contributed by atoms with E-state index in [1.54, 1.807) is 11.0 Å². The molecule has 1 atom stereocenters. The molecule has 0 saturated heterocycles. The van der Waals surface area contributed by atoms with Gasteiger partial charge in [-0.15, -0.1) is 0 Å². The maximum atomic E-state index is 13.2. The number of carbonyl (C=O) groups excluding carboxylic acids is 2. The van der Waals surface area contributed by atoms with Crippen LogP contribution in [0, 0.1) is 6.92 Å². The summed E-state index contributed by atoms with van der Waals surface area (Å²) in [5, 5.41) is 1.22. The second-order valence-corrected chi connectivity index (χ2v) is 7.98. The van der Waals surface area contributed by atoms with Crippen LogP contribution in [-0.2, 0) is 9.59 Å². The number of ketones is 1. The smallest absolute Gasteiger partial charge is 0.232 e. The van der Waals surface area contributed by atoms with Crippen molar-refractivity contribution in [2.45, 2.75) is 38.5 Å². The normalized spacial score (nSPS) is 20.1. The summed E-state index contributed by atoms with van der Waals surface area (Å²) in [6, 6.07) is 13.0. The molecule has 0 spiro atoms. The van der Waals surface area contributed by atoms with Gasteiger partial charge < -0.3 is 0 Å². The Kier molecular flexibility index (Phi) is 4.83. The third-order valence-corrected chi connectivity index (χ3v) is 5.85. The predicted octanol–water partition coefficient (Wildman–Crippen LogP) is 5.83. The number of anilines is 1. The number of Topliss-reactive ketones (excluding diaryl/α,β-unsaturated/α-hetero) is 1. The number of carbonyl (C=O) groups is 2. The van der Waals surface area contributed by atoms with Crippen molar-refractivity contribution in [1.82, 2.24) is 0 Å². The molecule has 2 aromatic carbocycles. The van der Waals surface area contributed by atoms with E-state index in [1.807, 2.05) is 43.3 Å². The summed E-state index contributed by atoms with van der Waals surface area (Å²) in [4.78, 5) is 27.8. The van der Waals surface area contributed by atoms with Gasteiger partial charge >= 0.3 is 0 Å². The number of allylic oxidation sites excluding steroid dienone is 2. The van der Waals surface area contributed by atoms with E-state index in [4.69, 9.17) is 23.2 Å². The van der Waals surface area contributed by atoms with E-state index in [2.05, 4.69) is 0 Å². The Balaban J connectivity index is 1.88. The van der Waals surface area contributed by atoms with Gasteiger partial charge in [0.1, 0.15) is 0 Å². The zero-order chi connectivity index (χ0) is 19.1. The van der Waals surface area contributed by atoms with Crippen LogP contribution in [0.3, 0.4) is 0 Å². The van der Waals surface area contributed by atoms with Crippen molar-refractivity contribution in [2.75, 3.05) is 4.90 Å². The van der Waals surface area contributed by atoms with Gasteiger partial charge in [0.2, 0.25) is 5.91 Å². The van der Waals surface area contributed by atoms with Crippen molar-refractivity contribution in [3.8, 4) is 0 Å². The monoisotopic (exact) mass is 399 g/mol. The number of nitrogens with zero attached hydrogens (tertiary/aromatic N) is 1. The van der Waals surface area contributed by atoms with Crippen LogP contribution in [-0.4, -0.2) is 11.7 Å². The van der Waals surface area contributed by atoms with Gasteiger partial charge in [0, 0.05) is 40.1 Å². The molecule has 1 unspecified atom stereocenters. The van der Waals surface area contributed by atoms with E-state index in [9.17, 15) is 9.59 Å². The Labute approximate surface area is 168 Å². The molecule has 1 heterocycles. The van der Waals surface area contributed by atoms with Crippen molar-refractivity contribution in [1.29, 1.82) is 0 Å². The SMILES string of the molecule is Cc1ccc(Cl)cc1N1C(=O)CC(c2ccc(Cl)cc2)C2=C1CCCC2=O. The average Bonchev–Trinajstić information content (AvgIpc) is 2.64. The fourth-order valence-electron chi connectivity index (χ4n) is 4.08. The molecule has 1 aliphatic carbocycles. The molecule has 2 aromatic rings. The summed E-state index contributed by atoms with van der Waals surface area (Å²) >= 11 is 12.2. The Morgan fingerprint density at radius 2 is 1.67 bits per heavy atom. The molecule has 27 heavy (non-hydrogen) atoms. The van der Waals surface area contributed by atoms with Crippen molar-refractivity contribution in [3.05, 3.63) is 74.9 Å². The number of rotatable bonds is 2. The van der Waals surface area contributed by atoms with Gasteiger partial charge in [-0.25, -0.2) is 0 Å². The maximum Gasteiger partial charge on any atom is 0.232 e. The van der Waals surface area contributed by atoms with Gasteiger partial charge in [0.15, 0.2) is 5.78 Å². The topological polar surface area (TPSA) is 37.4 Å². The van der Waals surface area contributed by atoms with Gasteiger partial charge in [-0.05, 0) is 55.2 Å². The molecular weight excluding hydrogens is 381 g/mol. The van der Waals surface area contributed by atoms with E-state index < -0.39 is 0 Å². The first-order valence-electron chi connectivity index (χ1n) is 9.06. The van der Waals surface area contributed by atoms with Crippen molar-refractivity contribution < 1.29 is 9.59 Å². The first-order valence-corrected chi connectivity index (χ1v) is 9.82. The van der Waals surface area contributed by atoms with Gasteiger partial charge in [-0.3, -0.25) is 14.5 Å². The summed E-state index contributed by atoms with van der Waals surface area (Å²) in [5.74, 6) is -0.0875. The molecule has 0 saturated carbocycles. The van der Waals surface area contributed by atoms with Crippen LogP contribution >= 0.6 is 23.2 Å². The lowest BCUT2D eigenvalue weighted by Crippen LogP contribution is -2.40. The van der Waals surface area contributed by atoms with Crippen LogP contribution in [0.2, 0.25) is 10.0 Å². The Morgan fingerprint density at radius 3 is 2.41 bits per heavy atom. The quantitative estimate of drug-likeness (QED) is 0.636. The molecule has 3 nitrogen and oxygen atoms in total. The lowest BCUT2D eigenvalue weighted by molar-refractivity contribution is -0.119. The summed E-state index contributed by atoms with van der Waals surface area (Å²) in [6.07, 6.45) is 2.26. The molecular formula is C22H19Cl2NO2. The highest BCUT2D eigenvalue weighted by molar-refractivity contribution is 6.31. The number of benzene rings is 2. The lowest BCUT2D eigenvalue weighted by atomic mass is 9.77. The highest BCUT2D eigenvalue weighted by atomic mass is 35.5. The van der Waals surface area contributed by atoms with E-state index >= 15 is 0 Å². The summed E-state index contributed by atoms with van der Waals surface area (Å²) in [5.41, 5.74) is 4.28. The van der Waals surface area contributed by atoms with E-state index in [0.717, 1.165) is 34.5 Å². The van der Waals surface area contributed by atoms with Crippen molar-refractivity contribution >= 4 is 40.6 Å². The molecule has 0 radical (unpaired) electrons. The minimum Gasteiger partial charge on any atom is -0.294 e. The average molecular weight is 400 g/mol. The van der Waals surface area contributed by atoms with Crippen LogP contribution in [0.4, 0.5) is 5.69 Å². The molecule has 2 aliphatic rings. The Morgan fingerprint density at radius 1 is 0.963 bits per heavy atom. The van der Waals surface area contributed by atoms with Crippen LogP contribution in [0.1, 0.15) is 42.7 Å². The molecule has 4 rings (SSSR count). The second-order valence-electron chi connectivity index (χ2n) is 7.11. The zero-order valence-corrected chi connectivity index (χ0v) is 16.5. The van der Waals surface area contributed by atoms with Gasteiger partial charge in [-0.1, -0.05) is 41.4 Å². The van der Waals surface area contributed by atoms with E-state index in [-0.39, 0.29) is 24.0 Å². The largest absolute Gasteiger partial charge is 0.294 e. The number of halogens is 2. The van der Waals surface area contributed by atoms with E-state index in [0.29, 0.717) is 22.9 Å². The van der Waals surface area contributed by atoms with Gasteiger partial charge in [0.25, 0.3) is 0 Å². The number of hydrogen-bond donors (Lipinski definition) is 0. The minimum absolute atomic E-state index is 0.00577. The predicted molar refractivity (Wildman–Crippen MR) is 108 cm³/mol. The number of hydrogen-bond acceptors (Lipinski definition) is 2. The standard InChI is InChI=1S/C22H19Cl2NO2/c1-13-5-8-16(24)11-19(13)25-18-3-2-4-20(26)22(18)17(12-21(25)27)14-6-9-15(23)10-7-14/h5-11,17H,2-4,12H2,1H3. The second kappa shape index (κ2) is 7.14. The fraction of sp³-hybridized carbons (Fsp3) is 0.273. The Bertz CT molecular complexity index is 963. The highest BCUT2D eigenvalue weighted by Gasteiger charge is 2.40. The molecule has 138 valence electrons. The molecule has 0 aromatic heterocycles. The number of amides is 1. The van der Waals surface area contributed by atoms with Crippen LogP contribution in [0.5, 0.6) is 0 Å². The van der Waals surface area contributed by atoms with Gasteiger partial charge in [-0.2, -0.15) is 0 Å². The van der Waals surface area contributed by atoms with Gasteiger partial charge in [0.05, 0.1) is 5.69 Å². The molecule has 0 bridgehead atoms. The zero-order valence-electron chi connectivity index (χ0n) is 15.0. The summed E-state index contributed by atoms with van der Waals surface area (Å²) < 4.78 is 0. The summed E-state index contributed by atoms with van der Waals surface area (Å²) in [7, 11) is 0. The fourth-order valence-corrected chi connectivity index (χ4v) is 4.37. The van der Waals surface area contributed by atoms with Crippen molar-refractivity contribution in [2.24, 2.45) is 0 Å². The highest BCUT2D eigenvalue weighted by Crippen LogP contribution is 2.44. The molecule has 0 fully saturated rings. The third-order valence-electron chi connectivity index (χ3n) is 5.36. The van der Waals surface area contributed by atoms with Crippen LogP contribution in [0.15, 0.2) is 53.7 Å². The maximum absolute atomic E-state index is 13.2. The van der Waals surface area contributed by atoms with Crippen molar-refractivity contribution in [3.63, 3.8) is 0 Å². The minimum atomic E-state index is -0.215. The van der Waals surface area contributed by atoms with Crippen LogP contribution in [0.25, 0.3) is 0 Å².